The fourth-order valence-corrected chi connectivity index (χ4v) is 1.73. The van der Waals surface area contributed by atoms with E-state index in [-0.39, 0.29) is 5.69 Å². The van der Waals surface area contributed by atoms with E-state index in [1.807, 2.05) is 4.57 Å². The molecule has 1 heterocycles. The molecule has 1 aromatic heterocycles. The van der Waals surface area contributed by atoms with Gasteiger partial charge in [0, 0.05) is 25.5 Å². The Morgan fingerprint density at radius 2 is 2.05 bits per heavy atom. The summed E-state index contributed by atoms with van der Waals surface area (Å²) in [6.45, 7) is 0.993. The van der Waals surface area contributed by atoms with Crippen molar-refractivity contribution in [3.63, 3.8) is 0 Å². The van der Waals surface area contributed by atoms with E-state index in [2.05, 4.69) is 10.3 Å². The first kappa shape index (κ1) is 13.9. The normalized spacial score (nSPS) is 10.5. The van der Waals surface area contributed by atoms with Crippen LogP contribution in [-0.2, 0) is 6.54 Å². The number of aromatic nitrogens is 2. The van der Waals surface area contributed by atoms with Crippen LogP contribution in [-0.4, -0.2) is 21.0 Å². The SMILES string of the molecule is O=[N+]([O-])c1cc(F)c(NCCCn2ccnc2)c(F)c1. The molecule has 0 fully saturated rings. The van der Waals surface area contributed by atoms with Crippen LogP contribution in [0, 0.1) is 21.7 Å². The molecular weight excluding hydrogens is 270 g/mol. The lowest BCUT2D eigenvalue weighted by Crippen LogP contribution is -2.09. The number of hydrogen-bond acceptors (Lipinski definition) is 4. The first-order valence-corrected chi connectivity index (χ1v) is 5.91. The third-order valence-corrected chi connectivity index (χ3v) is 2.69. The van der Waals surface area contributed by atoms with Gasteiger partial charge in [0.15, 0.2) is 11.6 Å². The molecule has 0 aliphatic carbocycles. The molecule has 0 bridgehead atoms. The molecule has 0 radical (unpaired) electrons. The third-order valence-electron chi connectivity index (χ3n) is 2.69. The fraction of sp³-hybridized carbons (Fsp3) is 0.250. The molecule has 106 valence electrons. The van der Waals surface area contributed by atoms with Crippen LogP contribution in [0.3, 0.4) is 0 Å². The molecule has 20 heavy (non-hydrogen) atoms. The van der Waals surface area contributed by atoms with Gasteiger partial charge in [0.2, 0.25) is 0 Å². The standard InChI is InChI=1S/C12H12F2N4O2/c13-10-6-9(18(19)20)7-11(14)12(10)16-2-1-4-17-5-3-15-8-17/h3,5-8,16H,1-2,4H2. The number of anilines is 1. The van der Waals surface area contributed by atoms with E-state index in [4.69, 9.17) is 0 Å². The molecule has 0 saturated heterocycles. The maximum absolute atomic E-state index is 13.5. The quantitative estimate of drug-likeness (QED) is 0.502. The molecule has 0 aliphatic rings. The second kappa shape index (κ2) is 6.09. The molecule has 2 rings (SSSR count). The Balaban J connectivity index is 1.94. The average Bonchev–Trinajstić information content (AvgIpc) is 2.89. The van der Waals surface area contributed by atoms with E-state index in [1.54, 1.807) is 18.7 Å². The number of nitrogens with zero attached hydrogens (tertiary/aromatic N) is 3. The Labute approximate surface area is 113 Å². The van der Waals surface area contributed by atoms with Gasteiger partial charge < -0.3 is 9.88 Å². The van der Waals surface area contributed by atoms with Crippen LogP contribution in [0.1, 0.15) is 6.42 Å². The van der Waals surface area contributed by atoms with Crippen molar-refractivity contribution in [3.8, 4) is 0 Å². The van der Waals surface area contributed by atoms with E-state index < -0.39 is 22.2 Å². The lowest BCUT2D eigenvalue weighted by Gasteiger charge is -2.09. The molecule has 0 saturated carbocycles. The van der Waals surface area contributed by atoms with Gasteiger partial charge in [0.05, 0.1) is 23.4 Å². The molecule has 0 unspecified atom stereocenters. The Morgan fingerprint density at radius 1 is 1.35 bits per heavy atom. The Hall–Kier alpha value is -2.51. The van der Waals surface area contributed by atoms with Gasteiger partial charge in [0.25, 0.3) is 5.69 Å². The zero-order valence-corrected chi connectivity index (χ0v) is 10.4. The Morgan fingerprint density at radius 3 is 2.60 bits per heavy atom. The maximum atomic E-state index is 13.5. The topological polar surface area (TPSA) is 73.0 Å². The first-order chi connectivity index (χ1) is 9.58. The van der Waals surface area contributed by atoms with Crippen molar-refractivity contribution >= 4 is 11.4 Å². The number of nitro benzene ring substituents is 1. The number of rotatable bonds is 6. The van der Waals surface area contributed by atoms with Gasteiger partial charge in [-0.25, -0.2) is 13.8 Å². The van der Waals surface area contributed by atoms with Gasteiger partial charge in [0.1, 0.15) is 5.69 Å². The lowest BCUT2D eigenvalue weighted by molar-refractivity contribution is -0.385. The number of imidazole rings is 1. The summed E-state index contributed by atoms with van der Waals surface area (Å²) in [7, 11) is 0. The first-order valence-electron chi connectivity index (χ1n) is 5.91. The zero-order valence-electron chi connectivity index (χ0n) is 10.4. The average molecular weight is 282 g/mol. The van der Waals surface area contributed by atoms with Crippen LogP contribution in [0.15, 0.2) is 30.9 Å². The van der Waals surface area contributed by atoms with Crippen molar-refractivity contribution in [1.29, 1.82) is 0 Å². The number of benzene rings is 1. The minimum atomic E-state index is -0.973. The summed E-state index contributed by atoms with van der Waals surface area (Å²) in [5.41, 5.74) is -0.954. The zero-order chi connectivity index (χ0) is 14.5. The van der Waals surface area contributed by atoms with E-state index in [9.17, 15) is 18.9 Å². The molecule has 6 nitrogen and oxygen atoms in total. The van der Waals surface area contributed by atoms with Crippen molar-refractivity contribution in [2.45, 2.75) is 13.0 Å². The monoisotopic (exact) mass is 282 g/mol. The lowest BCUT2D eigenvalue weighted by atomic mass is 10.2. The molecule has 0 amide bonds. The minimum absolute atomic E-state index is 0.337. The van der Waals surface area contributed by atoms with Crippen molar-refractivity contribution in [1.82, 2.24) is 9.55 Å². The number of hydrogen-bond donors (Lipinski definition) is 1. The van der Waals surface area contributed by atoms with Crippen LogP contribution in [0.2, 0.25) is 0 Å². The van der Waals surface area contributed by atoms with E-state index >= 15 is 0 Å². The van der Waals surface area contributed by atoms with Crippen molar-refractivity contribution < 1.29 is 13.7 Å². The molecule has 0 atom stereocenters. The van der Waals surface area contributed by atoms with Crippen LogP contribution in [0.5, 0.6) is 0 Å². The summed E-state index contributed by atoms with van der Waals surface area (Å²) in [4.78, 5) is 13.5. The molecular formula is C12H12F2N4O2. The number of nitro groups is 1. The largest absolute Gasteiger partial charge is 0.380 e. The highest BCUT2D eigenvalue weighted by Gasteiger charge is 2.16. The number of non-ortho nitro benzene ring substituents is 1. The third kappa shape index (κ3) is 3.28. The van der Waals surface area contributed by atoms with Crippen LogP contribution < -0.4 is 5.32 Å². The summed E-state index contributed by atoms with van der Waals surface area (Å²) in [5, 5.41) is 13.1. The van der Waals surface area contributed by atoms with Gasteiger partial charge >= 0.3 is 0 Å². The molecule has 2 aromatic rings. The Kier molecular flexibility index (Phi) is 4.24. The van der Waals surface area contributed by atoms with E-state index in [0.29, 0.717) is 31.6 Å². The summed E-state index contributed by atoms with van der Waals surface area (Å²) < 4.78 is 28.9. The highest BCUT2D eigenvalue weighted by Crippen LogP contribution is 2.24. The smallest absolute Gasteiger partial charge is 0.275 e. The predicted octanol–water partition coefficient (Wildman–Crippen LogP) is 2.57. The molecule has 0 aliphatic heterocycles. The van der Waals surface area contributed by atoms with Crippen LogP contribution in [0.4, 0.5) is 20.2 Å². The predicted molar refractivity (Wildman–Crippen MR) is 68.3 cm³/mol. The summed E-state index contributed by atoms with van der Waals surface area (Å²) in [6.07, 6.45) is 5.70. The van der Waals surface area contributed by atoms with E-state index in [0.717, 1.165) is 0 Å². The summed E-state index contributed by atoms with van der Waals surface area (Å²) >= 11 is 0. The van der Waals surface area contributed by atoms with E-state index in [1.165, 1.54) is 0 Å². The summed E-state index contributed by atoms with van der Waals surface area (Å²) in [6, 6.07) is 1.39. The number of halogens is 2. The van der Waals surface area contributed by atoms with Gasteiger partial charge in [-0.2, -0.15) is 0 Å². The van der Waals surface area contributed by atoms with Gasteiger partial charge in [-0.1, -0.05) is 0 Å². The molecule has 1 N–H and O–H groups in total. The second-order valence-corrected chi connectivity index (χ2v) is 4.12. The molecule has 1 aromatic carbocycles. The fourth-order valence-electron chi connectivity index (χ4n) is 1.73. The second-order valence-electron chi connectivity index (χ2n) is 4.12. The number of nitrogens with one attached hydrogen (secondary N) is 1. The van der Waals surface area contributed by atoms with Gasteiger partial charge in [-0.3, -0.25) is 10.1 Å². The number of aryl methyl sites for hydroxylation is 1. The molecule has 0 spiro atoms. The van der Waals surface area contributed by atoms with Crippen molar-refractivity contribution in [2.75, 3.05) is 11.9 Å². The van der Waals surface area contributed by atoms with Crippen molar-refractivity contribution in [3.05, 3.63) is 52.6 Å². The highest BCUT2D eigenvalue weighted by molar-refractivity contribution is 5.51. The minimum Gasteiger partial charge on any atom is -0.380 e. The van der Waals surface area contributed by atoms with Gasteiger partial charge in [-0.15, -0.1) is 0 Å². The summed E-state index contributed by atoms with van der Waals surface area (Å²) in [5.74, 6) is -1.95. The van der Waals surface area contributed by atoms with Crippen LogP contribution in [0.25, 0.3) is 0 Å². The Bertz CT molecular complexity index is 579. The van der Waals surface area contributed by atoms with Gasteiger partial charge in [-0.05, 0) is 6.42 Å². The van der Waals surface area contributed by atoms with Crippen molar-refractivity contribution in [2.24, 2.45) is 0 Å². The highest BCUT2D eigenvalue weighted by atomic mass is 19.1. The maximum Gasteiger partial charge on any atom is 0.275 e. The molecule has 8 heteroatoms. The van der Waals surface area contributed by atoms with Crippen LogP contribution >= 0.6 is 0 Å².